The van der Waals surface area contributed by atoms with E-state index in [9.17, 15) is 0 Å². The van der Waals surface area contributed by atoms with Crippen LogP contribution in [0.25, 0.3) is 60.9 Å². The smallest absolute Gasteiger partial charge is 0.195 e. The van der Waals surface area contributed by atoms with Crippen LogP contribution >= 0.6 is 11.8 Å². The van der Waals surface area contributed by atoms with E-state index in [4.69, 9.17) is 0 Å². The Morgan fingerprint density at radius 3 is 1.62 bits per heavy atom. The molecule has 0 saturated carbocycles. The molecule has 58 heavy (non-hydrogen) atoms. The third-order valence-electron chi connectivity index (χ3n) is 11.3. The van der Waals surface area contributed by atoms with Gasteiger partial charge in [0, 0.05) is 48.8 Å². The summed E-state index contributed by atoms with van der Waals surface area (Å²) in [4.78, 5) is 4.92. The van der Waals surface area contributed by atoms with Gasteiger partial charge in [0.05, 0.1) is 16.7 Å². The maximum Gasteiger partial charge on any atom is 0.195 e. The van der Waals surface area contributed by atoms with Gasteiger partial charge in [-0.2, -0.15) is 0 Å². The van der Waals surface area contributed by atoms with Crippen molar-refractivity contribution in [2.45, 2.75) is 9.79 Å². The predicted molar refractivity (Wildman–Crippen MR) is 247 cm³/mol. The second-order valence-electron chi connectivity index (χ2n) is 14.7. The van der Waals surface area contributed by atoms with Crippen LogP contribution in [0.4, 0.5) is 17.1 Å². The quantitative estimate of drug-likeness (QED) is 0.162. The first-order valence-corrected chi connectivity index (χ1v) is 20.6. The number of hydrogen-bond donors (Lipinski definition) is 0. The maximum atomic E-state index is 2.52. The highest BCUT2D eigenvalue weighted by atomic mass is 32.2. The zero-order valence-electron chi connectivity index (χ0n) is 31.7. The molecule has 0 atom stereocenters. The van der Waals surface area contributed by atoms with Gasteiger partial charge in [0.25, 0.3) is 0 Å². The Hall–Kier alpha value is -7.01. The van der Waals surface area contributed by atoms with E-state index in [1.807, 2.05) is 11.8 Å². The lowest BCUT2D eigenvalue weighted by atomic mass is 9.62. The highest BCUT2D eigenvalue weighted by molar-refractivity contribution is 7.99. The molecule has 10 aromatic rings. The number of benzene rings is 9. The Morgan fingerprint density at radius 2 is 0.966 bits per heavy atom. The van der Waals surface area contributed by atoms with Crippen molar-refractivity contribution >= 4 is 68.8 Å². The fraction of sp³-hybridized carbons (Fsp3) is 0. The Bertz CT molecular complexity index is 3010. The number of para-hydroxylation sites is 3. The van der Waals surface area contributed by atoms with E-state index in [0.29, 0.717) is 0 Å². The van der Waals surface area contributed by atoms with Crippen molar-refractivity contribution in [2.75, 3.05) is 4.90 Å². The summed E-state index contributed by atoms with van der Waals surface area (Å²) in [5.74, 6) is 0. The summed E-state index contributed by atoms with van der Waals surface area (Å²) in [5.41, 5.74) is 16.2. The Labute approximate surface area is 343 Å². The number of nitrogens with zero attached hydrogens (tertiary/aromatic N) is 2. The summed E-state index contributed by atoms with van der Waals surface area (Å²) >= 11 is 1.82. The number of aromatic nitrogens is 1. The molecule has 0 fully saturated rings. The van der Waals surface area contributed by atoms with Crippen LogP contribution in [-0.2, 0) is 0 Å². The minimum Gasteiger partial charge on any atom is -0.310 e. The third kappa shape index (κ3) is 6.01. The highest BCUT2D eigenvalue weighted by Crippen LogP contribution is 2.48. The van der Waals surface area contributed by atoms with Crippen LogP contribution in [0.2, 0.25) is 0 Å². The minimum absolute atomic E-state index is 1.10. The molecule has 4 heteroatoms. The van der Waals surface area contributed by atoms with E-state index in [0.717, 1.165) is 39.3 Å². The van der Waals surface area contributed by atoms with Gasteiger partial charge in [0.1, 0.15) is 0 Å². The van der Waals surface area contributed by atoms with Gasteiger partial charge in [-0.3, -0.25) is 0 Å². The molecule has 0 amide bonds. The van der Waals surface area contributed by atoms with Gasteiger partial charge in [-0.25, -0.2) is 0 Å². The van der Waals surface area contributed by atoms with Crippen LogP contribution in [-0.4, -0.2) is 11.8 Å². The lowest BCUT2D eigenvalue weighted by Crippen LogP contribution is -2.33. The molecule has 1 aliphatic heterocycles. The van der Waals surface area contributed by atoms with Crippen molar-refractivity contribution in [2.24, 2.45) is 0 Å². The largest absolute Gasteiger partial charge is 0.310 e. The Morgan fingerprint density at radius 1 is 0.379 bits per heavy atom. The van der Waals surface area contributed by atoms with Gasteiger partial charge in [-0.05, 0) is 70.8 Å². The van der Waals surface area contributed by atoms with Gasteiger partial charge in [0.2, 0.25) is 0 Å². The molecule has 2 nitrogen and oxygen atoms in total. The number of anilines is 3. The van der Waals surface area contributed by atoms with Crippen LogP contribution in [0.3, 0.4) is 0 Å². The second kappa shape index (κ2) is 14.5. The molecule has 2 heterocycles. The lowest BCUT2D eigenvalue weighted by molar-refractivity contribution is 1.17. The summed E-state index contributed by atoms with van der Waals surface area (Å²) in [5, 5.41) is 2.49. The summed E-state index contributed by atoms with van der Waals surface area (Å²) in [6, 6.07) is 79.6. The van der Waals surface area contributed by atoms with Crippen molar-refractivity contribution in [3.63, 3.8) is 0 Å². The molecule has 0 aliphatic carbocycles. The van der Waals surface area contributed by atoms with Gasteiger partial charge < -0.3 is 9.47 Å². The molecular weight excluding hydrogens is 719 g/mol. The molecule has 1 aromatic heterocycles. The molecule has 0 unspecified atom stereocenters. The second-order valence-corrected chi connectivity index (χ2v) is 15.9. The van der Waals surface area contributed by atoms with E-state index in [-0.39, 0.29) is 0 Å². The zero-order valence-corrected chi connectivity index (χ0v) is 32.5. The predicted octanol–water partition coefficient (Wildman–Crippen LogP) is 13.4. The van der Waals surface area contributed by atoms with Crippen molar-refractivity contribution < 1.29 is 0 Å². The molecule has 9 aromatic carbocycles. The first kappa shape index (κ1) is 34.3. The van der Waals surface area contributed by atoms with Crippen LogP contribution in [0.5, 0.6) is 0 Å². The van der Waals surface area contributed by atoms with Crippen LogP contribution in [0.1, 0.15) is 0 Å². The third-order valence-corrected chi connectivity index (χ3v) is 12.3. The van der Waals surface area contributed by atoms with Gasteiger partial charge in [-0.1, -0.05) is 193 Å². The number of hydrogen-bond acceptors (Lipinski definition) is 2. The van der Waals surface area contributed by atoms with Crippen LogP contribution in [0, 0.1) is 0 Å². The molecule has 1 aliphatic rings. The Balaban J connectivity index is 1.24. The monoisotopic (exact) mass is 755 g/mol. The van der Waals surface area contributed by atoms with E-state index < -0.39 is 0 Å². The lowest BCUT2D eigenvalue weighted by Gasteiger charge is -2.33. The molecular formula is C54H36BN2S. The first-order valence-electron chi connectivity index (χ1n) is 19.8. The average molecular weight is 756 g/mol. The zero-order chi connectivity index (χ0) is 38.4. The Kier molecular flexibility index (Phi) is 8.56. The van der Waals surface area contributed by atoms with Crippen LogP contribution in [0.15, 0.2) is 228 Å². The normalized spacial score (nSPS) is 12.2. The molecule has 0 N–H and O–H groups in total. The maximum absolute atomic E-state index is 2.52. The van der Waals surface area contributed by atoms with E-state index in [1.54, 1.807) is 0 Å². The van der Waals surface area contributed by atoms with E-state index in [1.165, 1.54) is 59.3 Å². The van der Waals surface area contributed by atoms with Crippen molar-refractivity contribution in [3.8, 4) is 39.1 Å². The summed E-state index contributed by atoms with van der Waals surface area (Å²) in [6.45, 7) is 0. The fourth-order valence-electron chi connectivity index (χ4n) is 8.61. The standard InChI is InChI=1S/C54H36BN2S/c1-4-16-37(17-5-1)40-30-33-53-49(34-40)55-48-32-31-42(56-50-28-12-10-24-46(50)47-25-11-13-29-51(47)56)36-52(48)57(41-22-14-23-43(35-41)58-53)54-44(38-18-6-2-7-19-38)26-15-27-45(54)39-20-8-3-9-21-39/h1-36H. The molecule has 271 valence electrons. The van der Waals surface area contributed by atoms with Gasteiger partial charge in [-0.15, -0.1) is 0 Å². The molecule has 1 radical (unpaired) electrons. The molecule has 2 bridgehead atoms. The first-order chi connectivity index (χ1) is 28.8. The number of rotatable bonds is 5. The van der Waals surface area contributed by atoms with E-state index >= 15 is 0 Å². The van der Waals surface area contributed by atoms with Crippen molar-refractivity contribution in [1.29, 1.82) is 0 Å². The highest BCUT2D eigenvalue weighted by Gasteiger charge is 2.27. The van der Waals surface area contributed by atoms with Crippen LogP contribution < -0.4 is 15.8 Å². The summed E-state index contributed by atoms with van der Waals surface area (Å²) in [7, 11) is 2.39. The molecule has 11 rings (SSSR count). The van der Waals surface area contributed by atoms with Crippen molar-refractivity contribution in [3.05, 3.63) is 218 Å². The van der Waals surface area contributed by atoms with E-state index in [2.05, 4.69) is 235 Å². The average Bonchev–Trinajstić information content (AvgIpc) is 3.63. The summed E-state index contributed by atoms with van der Waals surface area (Å²) < 4.78 is 2.43. The minimum atomic E-state index is 1.10. The SMILES string of the molecule is [B]1c2cc(-c3ccccc3)ccc2Sc2cccc(c2)N(c2c(-c3ccccc3)cccc2-c2ccccc2)c2cc(-n3c4ccccc4c4ccccc43)ccc21. The molecule has 0 spiro atoms. The fourth-order valence-corrected chi connectivity index (χ4v) is 9.56. The van der Waals surface area contributed by atoms with Gasteiger partial charge >= 0.3 is 0 Å². The van der Waals surface area contributed by atoms with Gasteiger partial charge in [0.15, 0.2) is 7.28 Å². The van der Waals surface area contributed by atoms with Crippen molar-refractivity contribution in [1.82, 2.24) is 4.57 Å². The topological polar surface area (TPSA) is 8.17 Å². The number of fused-ring (bicyclic) bond motifs is 7. The molecule has 0 saturated heterocycles. The summed E-state index contributed by atoms with van der Waals surface area (Å²) in [6.07, 6.45) is 0.